The molecule has 0 radical (unpaired) electrons. The first-order valence-electron chi connectivity index (χ1n) is 19.0. The number of aromatic nitrogens is 2. The number of carbonyl (C=O) groups is 2. The summed E-state index contributed by atoms with van der Waals surface area (Å²) in [5.41, 5.74) is 6.61. The Kier molecular flexibility index (Phi) is 15.7. The predicted octanol–water partition coefficient (Wildman–Crippen LogP) is 6.84. The highest BCUT2D eigenvalue weighted by Gasteiger charge is 2.32. The summed E-state index contributed by atoms with van der Waals surface area (Å²) in [6.07, 6.45) is 2.58. The monoisotopic (exact) mass is 1070 g/mol. The van der Waals surface area contributed by atoms with Crippen molar-refractivity contribution < 1.29 is 46.1 Å². The number of nitrogens with zero attached hydrogens (tertiary/aromatic N) is 6. The minimum Gasteiger partial charge on any atom is -0.478 e. The maximum Gasteiger partial charge on any atom is 0.339 e. The summed E-state index contributed by atoms with van der Waals surface area (Å²) >= 11 is 13.1. The normalized spacial score (nSPS) is 14.5. The number of nitrogen functional groups attached to an aromatic ring is 1. The topological polar surface area (TPSA) is 279 Å². The average molecular weight is 1070 g/mol. The molecule has 0 amide bonds. The van der Waals surface area contributed by atoms with E-state index in [1.165, 1.54) is 51.3 Å². The summed E-state index contributed by atoms with van der Waals surface area (Å²) in [5, 5.41) is 40.5. The lowest BCUT2D eigenvalue weighted by Crippen LogP contribution is -2.40. The number of ether oxygens (including phenoxy) is 2. The number of rotatable bonds is 8. The molecule has 4 aromatic carbocycles. The molecule has 2 aliphatic heterocycles. The number of hydrogen-bond donors (Lipinski definition) is 4. The smallest absolute Gasteiger partial charge is 0.339 e. The molecule has 6 aromatic rings. The molecular formula is C42H35Br2ClN8O10S2. The van der Waals surface area contributed by atoms with E-state index in [9.17, 15) is 36.8 Å². The second-order valence-electron chi connectivity index (χ2n) is 13.7. The minimum atomic E-state index is -3.97. The molecule has 65 heavy (non-hydrogen) atoms. The van der Waals surface area contributed by atoms with Gasteiger partial charge in [-0.1, -0.05) is 55.6 Å². The number of sulfonamides is 2. The van der Waals surface area contributed by atoms with E-state index in [1.54, 1.807) is 42.5 Å². The van der Waals surface area contributed by atoms with Crippen LogP contribution in [0.1, 0.15) is 31.8 Å². The summed E-state index contributed by atoms with van der Waals surface area (Å²) in [4.78, 5) is 30.9. The molecule has 23 heteroatoms. The van der Waals surface area contributed by atoms with Gasteiger partial charge >= 0.3 is 11.9 Å². The fourth-order valence-electron chi connectivity index (χ4n) is 6.63. The number of nitrogens with one attached hydrogen (secondary N) is 1. The zero-order valence-electron chi connectivity index (χ0n) is 33.6. The van der Waals surface area contributed by atoms with Crippen LogP contribution in [0, 0.1) is 22.7 Å². The zero-order chi connectivity index (χ0) is 47.1. The molecule has 0 atom stereocenters. The van der Waals surface area contributed by atoms with Gasteiger partial charge in [0.1, 0.15) is 33.1 Å². The van der Waals surface area contributed by atoms with Gasteiger partial charge in [-0.05, 0) is 60.7 Å². The van der Waals surface area contributed by atoms with Crippen molar-refractivity contribution in [3.8, 4) is 12.1 Å². The van der Waals surface area contributed by atoms with Crippen molar-refractivity contribution in [1.29, 1.82) is 10.5 Å². The Morgan fingerprint density at radius 1 is 0.708 bits per heavy atom. The van der Waals surface area contributed by atoms with Gasteiger partial charge in [-0.25, -0.2) is 26.4 Å². The van der Waals surface area contributed by atoms with Crippen LogP contribution in [0.4, 0.5) is 17.1 Å². The van der Waals surface area contributed by atoms with Crippen molar-refractivity contribution in [2.45, 2.75) is 9.79 Å². The third-order valence-corrected chi connectivity index (χ3v) is 15.1. The molecule has 336 valence electrons. The van der Waals surface area contributed by atoms with Crippen LogP contribution in [0.25, 0.3) is 21.8 Å². The van der Waals surface area contributed by atoms with Crippen molar-refractivity contribution in [1.82, 2.24) is 18.6 Å². The van der Waals surface area contributed by atoms with Crippen molar-refractivity contribution >= 4 is 114 Å². The van der Waals surface area contributed by atoms with Gasteiger partial charge in [-0.2, -0.15) is 19.1 Å². The van der Waals surface area contributed by atoms with Gasteiger partial charge in [-0.3, -0.25) is 9.97 Å². The Morgan fingerprint density at radius 3 is 1.68 bits per heavy atom. The fourth-order valence-corrected chi connectivity index (χ4v) is 10.8. The van der Waals surface area contributed by atoms with Crippen LogP contribution >= 0.6 is 43.5 Å². The number of pyridine rings is 2. The van der Waals surface area contributed by atoms with E-state index in [1.807, 2.05) is 12.1 Å². The highest BCUT2D eigenvalue weighted by Crippen LogP contribution is 2.37. The second-order valence-corrected chi connectivity index (χ2v) is 19.8. The number of morpholine rings is 2. The number of nitriles is 2. The van der Waals surface area contributed by atoms with E-state index >= 15 is 0 Å². The van der Waals surface area contributed by atoms with Crippen LogP contribution in [-0.4, -0.2) is 110 Å². The Hall–Kier alpha value is -5.79. The Morgan fingerprint density at radius 2 is 1.17 bits per heavy atom. The van der Waals surface area contributed by atoms with E-state index in [0.717, 1.165) is 4.47 Å². The molecule has 8 rings (SSSR count). The average Bonchev–Trinajstić information content (AvgIpc) is 3.30. The molecule has 2 aliphatic rings. The molecule has 18 nitrogen and oxygen atoms in total. The predicted molar refractivity (Wildman–Crippen MR) is 247 cm³/mol. The highest BCUT2D eigenvalue weighted by atomic mass is 79.9. The third-order valence-electron chi connectivity index (χ3n) is 9.79. The molecular weight excluding hydrogens is 1040 g/mol. The summed E-state index contributed by atoms with van der Waals surface area (Å²) < 4.78 is 67.0. The first-order valence-corrected chi connectivity index (χ1v) is 23.9. The second kappa shape index (κ2) is 21.0. The minimum absolute atomic E-state index is 0.0386. The molecule has 5 N–H and O–H groups in total. The van der Waals surface area contributed by atoms with Gasteiger partial charge in [0.2, 0.25) is 20.0 Å². The van der Waals surface area contributed by atoms with E-state index < -0.39 is 32.0 Å². The van der Waals surface area contributed by atoms with E-state index in [4.69, 9.17) is 37.2 Å². The van der Waals surface area contributed by atoms with Crippen LogP contribution in [-0.2, 0) is 29.5 Å². The van der Waals surface area contributed by atoms with Crippen LogP contribution in [0.5, 0.6) is 0 Å². The van der Waals surface area contributed by atoms with Gasteiger partial charge < -0.3 is 30.7 Å². The van der Waals surface area contributed by atoms with Gasteiger partial charge in [0, 0.05) is 64.0 Å². The van der Waals surface area contributed by atoms with Gasteiger partial charge in [0.05, 0.1) is 65.0 Å². The molecule has 2 saturated heterocycles. The summed E-state index contributed by atoms with van der Waals surface area (Å²) in [6.45, 7) is 2.40. The molecule has 0 bridgehead atoms. The maximum absolute atomic E-state index is 13.5. The van der Waals surface area contributed by atoms with Gasteiger partial charge in [0.15, 0.2) is 0 Å². The fraction of sp³-hybridized carbons (Fsp3) is 0.190. The Bertz CT molecular complexity index is 3140. The number of carboxylic acids is 2. The number of benzene rings is 4. The van der Waals surface area contributed by atoms with Crippen LogP contribution < -0.4 is 11.1 Å². The third kappa shape index (κ3) is 10.8. The summed E-state index contributed by atoms with van der Waals surface area (Å²) in [6, 6.07) is 23.0. The Balaban J connectivity index is 0.000000181. The standard InChI is InChI=1S/C21H17BrN4O5S.C13H12BrClN2O3S.C8H6N2O2/c22-14-4-5-16-15(10-14)20(25-17-3-1-2-13(11-23)19(17)21(27)28)18(12-24-16)32(29,30)26-6-8-31-9-7-26;14-9-1-2-11-10(7-9)13(15)12(8-16-11)21(18,19)17-3-5-20-6-4-17;9-4-5-2-1-3-6(10)7(5)8(11)12/h1-5,10,12H,6-9H2,(H,24,25)(H,27,28);1-2,7-8H,3-6H2;1-3H,10H2,(H,11,12). The number of nitrogens with two attached hydrogens (primary N) is 1. The van der Waals surface area contributed by atoms with Crippen LogP contribution in [0.15, 0.2) is 104 Å². The van der Waals surface area contributed by atoms with Crippen molar-refractivity contribution in [2.24, 2.45) is 0 Å². The van der Waals surface area contributed by atoms with Crippen molar-refractivity contribution in [3.63, 3.8) is 0 Å². The summed E-state index contributed by atoms with van der Waals surface area (Å²) in [5.74, 6) is -2.48. The molecule has 2 aromatic heterocycles. The molecule has 0 unspecified atom stereocenters. The van der Waals surface area contributed by atoms with Crippen LogP contribution in [0.3, 0.4) is 0 Å². The lowest BCUT2D eigenvalue weighted by Gasteiger charge is -2.27. The first kappa shape index (κ1) is 48.7. The molecule has 0 aliphatic carbocycles. The van der Waals surface area contributed by atoms with Gasteiger partial charge in [0.25, 0.3) is 0 Å². The first-order chi connectivity index (χ1) is 31.0. The Labute approximate surface area is 394 Å². The maximum atomic E-state index is 13.5. The molecule has 2 fully saturated rings. The lowest BCUT2D eigenvalue weighted by molar-refractivity contribution is 0.0686. The largest absolute Gasteiger partial charge is 0.478 e. The number of hydrogen-bond acceptors (Lipinski definition) is 14. The van der Waals surface area contributed by atoms with Gasteiger partial charge in [-0.15, -0.1) is 0 Å². The lowest BCUT2D eigenvalue weighted by atomic mass is 10.1. The number of aromatic carboxylic acids is 2. The quantitative estimate of drug-likeness (QED) is 0.114. The zero-order valence-corrected chi connectivity index (χ0v) is 39.2. The molecule has 0 spiro atoms. The number of fused-ring (bicyclic) bond motifs is 2. The molecule has 0 saturated carbocycles. The number of halogens is 3. The number of carboxylic acid groups (broad SMARTS) is 2. The molecule has 4 heterocycles. The highest BCUT2D eigenvalue weighted by molar-refractivity contribution is 9.10. The van der Waals surface area contributed by atoms with E-state index in [0.29, 0.717) is 52.6 Å². The SMILES string of the molecule is N#Cc1cccc(N)c1C(=O)O.N#Cc1cccc(Nc2c(S(=O)(=O)N3CCOCC3)cnc3ccc(Br)cc23)c1C(=O)O.O=S(=O)(c1cnc2ccc(Br)cc2c1Cl)N1CCOCC1. The van der Waals surface area contributed by atoms with Crippen molar-refractivity contribution in [3.05, 3.63) is 121 Å². The van der Waals surface area contributed by atoms with Crippen LogP contribution in [0.2, 0.25) is 5.02 Å². The summed E-state index contributed by atoms with van der Waals surface area (Å²) in [7, 11) is -7.62. The number of anilines is 3. The van der Waals surface area contributed by atoms with E-state index in [-0.39, 0.29) is 80.4 Å². The van der Waals surface area contributed by atoms with Crippen molar-refractivity contribution in [2.75, 3.05) is 63.7 Å². The van der Waals surface area contributed by atoms with E-state index in [2.05, 4.69) is 47.1 Å².